The van der Waals surface area contributed by atoms with Crippen molar-refractivity contribution in [3.05, 3.63) is 52.8 Å². The van der Waals surface area contributed by atoms with Crippen LogP contribution in [-0.4, -0.2) is 32.8 Å². The van der Waals surface area contributed by atoms with Gasteiger partial charge in [-0.05, 0) is 54.7 Å². The normalized spacial score (nSPS) is 14.4. The molecule has 7 nitrogen and oxygen atoms in total. The van der Waals surface area contributed by atoms with E-state index in [-0.39, 0.29) is 33.9 Å². The van der Waals surface area contributed by atoms with Crippen molar-refractivity contribution >= 4 is 44.8 Å². The molecule has 0 aromatic heterocycles. The van der Waals surface area contributed by atoms with Gasteiger partial charge in [-0.25, -0.2) is 12.8 Å². The van der Waals surface area contributed by atoms with E-state index in [0.717, 1.165) is 6.07 Å². The van der Waals surface area contributed by atoms with Crippen LogP contribution in [0.2, 0.25) is 5.02 Å². The maximum Gasteiger partial charge on any atom is 0.242 e. The number of carbonyl (C=O) groups excluding carboxylic acids is 2. The molecule has 2 amide bonds. The van der Waals surface area contributed by atoms with Crippen molar-refractivity contribution in [1.29, 1.82) is 0 Å². The molecule has 1 aliphatic rings. The lowest BCUT2D eigenvalue weighted by Gasteiger charge is -2.21. The van der Waals surface area contributed by atoms with Gasteiger partial charge in [-0.1, -0.05) is 31.5 Å². The van der Waals surface area contributed by atoms with Crippen LogP contribution in [0.25, 0.3) is 0 Å². The summed E-state index contributed by atoms with van der Waals surface area (Å²) in [5.41, 5.74) is 0.944. The van der Waals surface area contributed by atoms with Gasteiger partial charge >= 0.3 is 0 Å². The van der Waals surface area contributed by atoms with Gasteiger partial charge in [0, 0.05) is 24.2 Å². The molecule has 1 aliphatic heterocycles. The van der Waals surface area contributed by atoms with Crippen molar-refractivity contribution in [3.8, 4) is 0 Å². The highest BCUT2D eigenvalue weighted by molar-refractivity contribution is 7.89. The van der Waals surface area contributed by atoms with E-state index in [2.05, 4.69) is 10.0 Å². The van der Waals surface area contributed by atoms with Crippen LogP contribution < -0.4 is 14.9 Å². The first kappa shape index (κ1) is 24.2. The second-order valence-electron chi connectivity index (χ2n) is 8.09. The molecule has 32 heavy (non-hydrogen) atoms. The number of nitrogens with zero attached hydrogens (tertiary/aromatic N) is 1. The predicted molar refractivity (Wildman–Crippen MR) is 122 cm³/mol. The molecule has 0 spiro atoms. The Morgan fingerprint density at radius 3 is 2.59 bits per heavy atom. The van der Waals surface area contributed by atoms with Crippen molar-refractivity contribution in [1.82, 2.24) is 4.72 Å². The number of amides is 2. The molecule has 0 aliphatic carbocycles. The summed E-state index contributed by atoms with van der Waals surface area (Å²) in [6, 6.07) is 7.30. The van der Waals surface area contributed by atoms with Crippen molar-refractivity contribution in [2.24, 2.45) is 5.92 Å². The zero-order valence-electron chi connectivity index (χ0n) is 18.0. The summed E-state index contributed by atoms with van der Waals surface area (Å²) < 4.78 is 43.0. The zero-order valence-corrected chi connectivity index (χ0v) is 19.6. The standard InChI is InChI=1S/C22H25ClFN3O4S/c1-13(2)11-19(22(29)25-18-12-15(23)7-8-17(18)24)26-32(30,31)21-6-4-5-20-16(21)9-10-27(20)14(3)28/h4-8,12-13,19,26H,9-11H2,1-3H3,(H,25,29). The number of sulfonamides is 1. The summed E-state index contributed by atoms with van der Waals surface area (Å²) in [5.74, 6) is -1.57. The third-order valence-electron chi connectivity index (χ3n) is 5.16. The van der Waals surface area contributed by atoms with Gasteiger partial charge in [-0.2, -0.15) is 4.72 Å². The number of hydrogen-bond donors (Lipinski definition) is 2. The van der Waals surface area contributed by atoms with Gasteiger partial charge in [0.25, 0.3) is 0 Å². The van der Waals surface area contributed by atoms with E-state index in [1.807, 2.05) is 13.8 Å². The fourth-order valence-electron chi connectivity index (χ4n) is 3.73. The maximum atomic E-state index is 14.1. The lowest BCUT2D eigenvalue weighted by atomic mass is 10.0. The lowest BCUT2D eigenvalue weighted by Crippen LogP contribution is -2.44. The van der Waals surface area contributed by atoms with Crippen LogP contribution in [0.5, 0.6) is 0 Å². The molecule has 2 aromatic rings. The Morgan fingerprint density at radius 2 is 1.94 bits per heavy atom. The molecule has 1 atom stereocenters. The molecule has 0 bridgehead atoms. The van der Waals surface area contributed by atoms with Crippen molar-refractivity contribution in [3.63, 3.8) is 0 Å². The van der Waals surface area contributed by atoms with Gasteiger partial charge in [0.2, 0.25) is 21.8 Å². The number of benzene rings is 2. The first-order chi connectivity index (χ1) is 15.0. The van der Waals surface area contributed by atoms with Crippen molar-refractivity contribution in [2.45, 2.75) is 44.6 Å². The highest BCUT2D eigenvalue weighted by Gasteiger charge is 2.32. The van der Waals surface area contributed by atoms with Crippen LogP contribution >= 0.6 is 11.6 Å². The predicted octanol–water partition coefficient (Wildman–Crippen LogP) is 3.72. The minimum Gasteiger partial charge on any atom is -0.322 e. The van der Waals surface area contributed by atoms with Crippen LogP contribution in [0.15, 0.2) is 41.3 Å². The second-order valence-corrected chi connectivity index (χ2v) is 10.2. The Hall–Kier alpha value is -2.49. The molecule has 1 unspecified atom stereocenters. The fraction of sp³-hybridized carbons (Fsp3) is 0.364. The van der Waals surface area contributed by atoms with E-state index in [1.54, 1.807) is 12.1 Å². The Balaban J connectivity index is 1.90. The monoisotopic (exact) mass is 481 g/mol. The number of carbonyl (C=O) groups is 2. The molecular formula is C22H25ClFN3O4S. The van der Waals surface area contributed by atoms with Gasteiger partial charge in [0.05, 0.1) is 10.6 Å². The lowest BCUT2D eigenvalue weighted by molar-refractivity contribution is -0.118. The quantitative estimate of drug-likeness (QED) is 0.630. The number of nitrogens with one attached hydrogen (secondary N) is 2. The van der Waals surface area contributed by atoms with Gasteiger partial charge < -0.3 is 10.2 Å². The molecule has 2 N–H and O–H groups in total. The van der Waals surface area contributed by atoms with Gasteiger partial charge in [-0.3, -0.25) is 9.59 Å². The van der Waals surface area contributed by atoms with E-state index in [9.17, 15) is 22.4 Å². The number of anilines is 2. The molecular weight excluding hydrogens is 457 g/mol. The third kappa shape index (κ3) is 5.28. The van der Waals surface area contributed by atoms with E-state index in [1.165, 1.54) is 30.0 Å². The molecule has 3 rings (SSSR count). The van der Waals surface area contributed by atoms with Gasteiger partial charge in [0.1, 0.15) is 11.9 Å². The number of hydrogen-bond acceptors (Lipinski definition) is 4. The van der Waals surface area contributed by atoms with Crippen LogP contribution in [-0.2, 0) is 26.0 Å². The van der Waals surface area contributed by atoms with E-state index in [0.29, 0.717) is 24.2 Å². The first-order valence-electron chi connectivity index (χ1n) is 10.2. The topological polar surface area (TPSA) is 95.6 Å². The largest absolute Gasteiger partial charge is 0.322 e. The summed E-state index contributed by atoms with van der Waals surface area (Å²) >= 11 is 5.88. The first-order valence-corrected chi connectivity index (χ1v) is 12.0. The smallest absolute Gasteiger partial charge is 0.242 e. The molecule has 0 radical (unpaired) electrons. The van der Waals surface area contributed by atoms with Crippen molar-refractivity contribution < 1.29 is 22.4 Å². The molecule has 0 saturated carbocycles. The van der Waals surface area contributed by atoms with Crippen LogP contribution in [0.4, 0.5) is 15.8 Å². The molecule has 0 fully saturated rings. The maximum absolute atomic E-state index is 14.1. The average molecular weight is 482 g/mol. The molecule has 1 heterocycles. The van der Waals surface area contributed by atoms with Crippen LogP contribution in [0, 0.1) is 11.7 Å². The molecule has 2 aromatic carbocycles. The number of rotatable bonds is 7. The highest BCUT2D eigenvalue weighted by atomic mass is 35.5. The highest BCUT2D eigenvalue weighted by Crippen LogP contribution is 2.33. The van der Waals surface area contributed by atoms with Gasteiger partial charge in [0.15, 0.2) is 0 Å². The molecule has 172 valence electrons. The van der Waals surface area contributed by atoms with Gasteiger partial charge in [-0.15, -0.1) is 0 Å². The molecule has 0 saturated heterocycles. The Bertz CT molecular complexity index is 1150. The zero-order chi connectivity index (χ0) is 23.6. The Kier molecular flexibility index (Phi) is 7.22. The van der Waals surface area contributed by atoms with E-state index < -0.39 is 27.8 Å². The van der Waals surface area contributed by atoms with Crippen LogP contribution in [0.1, 0.15) is 32.8 Å². The number of fused-ring (bicyclic) bond motifs is 1. The number of halogens is 2. The third-order valence-corrected chi connectivity index (χ3v) is 6.95. The molecule has 10 heteroatoms. The summed E-state index contributed by atoms with van der Waals surface area (Å²) in [6.45, 7) is 5.51. The average Bonchev–Trinajstić information content (AvgIpc) is 3.14. The second kappa shape index (κ2) is 9.56. The Labute approximate surface area is 192 Å². The Morgan fingerprint density at radius 1 is 1.22 bits per heavy atom. The van der Waals surface area contributed by atoms with E-state index in [4.69, 9.17) is 11.6 Å². The van der Waals surface area contributed by atoms with Crippen molar-refractivity contribution in [2.75, 3.05) is 16.8 Å². The minimum atomic E-state index is -4.10. The fourth-order valence-corrected chi connectivity index (χ4v) is 5.39. The van der Waals surface area contributed by atoms with Crippen LogP contribution in [0.3, 0.4) is 0 Å². The summed E-state index contributed by atoms with van der Waals surface area (Å²) in [7, 11) is -4.10. The summed E-state index contributed by atoms with van der Waals surface area (Å²) in [6.07, 6.45) is 0.586. The minimum absolute atomic E-state index is 0.0210. The summed E-state index contributed by atoms with van der Waals surface area (Å²) in [4.78, 5) is 26.3. The van der Waals surface area contributed by atoms with E-state index >= 15 is 0 Å². The summed E-state index contributed by atoms with van der Waals surface area (Å²) in [5, 5.41) is 2.66. The SMILES string of the molecule is CC(=O)N1CCc2c1cccc2S(=O)(=O)NC(CC(C)C)C(=O)Nc1cc(Cl)ccc1F.